The van der Waals surface area contributed by atoms with Crippen LogP contribution in [0.15, 0.2) is 30.6 Å². The second-order valence-electron chi connectivity index (χ2n) is 6.09. The summed E-state index contributed by atoms with van der Waals surface area (Å²) in [6, 6.07) is 5.03. The van der Waals surface area contributed by atoms with Crippen LogP contribution >= 0.6 is 11.3 Å². The van der Waals surface area contributed by atoms with Crippen LogP contribution < -0.4 is 14.8 Å². The van der Waals surface area contributed by atoms with E-state index in [2.05, 4.69) is 15.3 Å². The smallest absolute Gasteiger partial charge is 0.271 e. The molecule has 1 aromatic carbocycles. The van der Waals surface area contributed by atoms with Crippen LogP contribution in [-0.2, 0) is 7.05 Å². The first-order valence-corrected chi connectivity index (χ1v) is 9.19. The summed E-state index contributed by atoms with van der Waals surface area (Å²) < 4.78 is 12.6. The maximum absolute atomic E-state index is 12.9. The van der Waals surface area contributed by atoms with Gasteiger partial charge in [-0.2, -0.15) is 0 Å². The highest BCUT2D eigenvalue weighted by molar-refractivity contribution is 7.11. The predicted octanol–water partition coefficient (Wildman–Crippen LogP) is 3.03. The number of hydrogen-bond acceptors (Lipinski definition) is 6. The molecule has 1 amide bonds. The molecule has 3 rings (SSSR count). The van der Waals surface area contributed by atoms with E-state index in [-0.39, 0.29) is 5.91 Å². The number of hydrogen-bond donors (Lipinski definition) is 1. The lowest BCUT2D eigenvalue weighted by Gasteiger charge is -2.20. The van der Waals surface area contributed by atoms with Crippen molar-refractivity contribution < 1.29 is 14.3 Å². The Labute approximate surface area is 162 Å². The molecule has 7 nitrogen and oxygen atoms in total. The Kier molecular flexibility index (Phi) is 5.46. The number of rotatable bonds is 6. The lowest BCUT2D eigenvalue weighted by atomic mass is 10.0. The molecule has 0 aliphatic carbocycles. The number of amides is 1. The molecule has 0 spiro atoms. The van der Waals surface area contributed by atoms with E-state index in [9.17, 15) is 4.79 Å². The van der Waals surface area contributed by atoms with Crippen molar-refractivity contribution in [1.82, 2.24) is 19.9 Å². The van der Waals surface area contributed by atoms with Gasteiger partial charge in [0.2, 0.25) is 0 Å². The van der Waals surface area contributed by atoms with Crippen LogP contribution in [0.1, 0.15) is 37.8 Å². The first-order valence-electron chi connectivity index (χ1n) is 8.38. The van der Waals surface area contributed by atoms with Gasteiger partial charge in [-0.15, -0.1) is 11.3 Å². The standard InChI is InChI=1S/C19H22N4O3S/c1-11-16(21-12(2)27-11)19(24)22-17(18-20-6-7-23(18)3)13-8-14(25-4)10-15(9-13)26-5/h6-10,17H,1-5H3,(H,22,24)/t17-/m1/s1. The average molecular weight is 386 g/mol. The Morgan fingerprint density at radius 1 is 1.19 bits per heavy atom. The van der Waals surface area contributed by atoms with E-state index >= 15 is 0 Å². The zero-order valence-electron chi connectivity index (χ0n) is 15.9. The van der Waals surface area contributed by atoms with Crippen LogP contribution in [0, 0.1) is 13.8 Å². The zero-order chi connectivity index (χ0) is 19.6. The Hall–Kier alpha value is -2.87. The molecule has 0 aliphatic rings. The molecule has 0 bridgehead atoms. The molecule has 27 heavy (non-hydrogen) atoms. The summed E-state index contributed by atoms with van der Waals surface area (Å²) >= 11 is 1.50. The number of aromatic nitrogens is 3. The van der Waals surface area contributed by atoms with Crippen molar-refractivity contribution in [3.05, 3.63) is 57.6 Å². The molecule has 0 unspecified atom stereocenters. The third kappa shape index (κ3) is 3.95. The van der Waals surface area contributed by atoms with Gasteiger partial charge in [0.05, 0.1) is 19.2 Å². The van der Waals surface area contributed by atoms with Gasteiger partial charge in [-0.1, -0.05) is 0 Å². The van der Waals surface area contributed by atoms with Crippen LogP contribution in [0.25, 0.3) is 0 Å². The molecule has 1 N–H and O–H groups in total. The summed E-state index contributed by atoms with van der Waals surface area (Å²) in [6.45, 7) is 3.78. The zero-order valence-corrected chi connectivity index (χ0v) is 16.8. The minimum absolute atomic E-state index is 0.244. The molecule has 8 heteroatoms. The number of imidazole rings is 1. The lowest BCUT2D eigenvalue weighted by molar-refractivity contribution is 0.0936. The number of nitrogens with zero attached hydrogens (tertiary/aromatic N) is 3. The van der Waals surface area contributed by atoms with Crippen molar-refractivity contribution in [2.75, 3.05) is 14.2 Å². The van der Waals surface area contributed by atoms with Gasteiger partial charge in [0.15, 0.2) is 0 Å². The fraction of sp³-hybridized carbons (Fsp3) is 0.316. The number of nitrogens with one attached hydrogen (secondary N) is 1. The molecule has 0 aliphatic heterocycles. The Morgan fingerprint density at radius 2 is 1.85 bits per heavy atom. The lowest BCUT2D eigenvalue weighted by Crippen LogP contribution is -2.31. The number of ether oxygens (including phenoxy) is 2. The van der Waals surface area contributed by atoms with Crippen LogP contribution in [-0.4, -0.2) is 34.7 Å². The first kappa shape index (κ1) is 18.9. The molecule has 2 heterocycles. The molecule has 0 fully saturated rings. The fourth-order valence-electron chi connectivity index (χ4n) is 2.89. The third-order valence-electron chi connectivity index (χ3n) is 4.22. The van der Waals surface area contributed by atoms with Crippen LogP contribution in [0.2, 0.25) is 0 Å². The first-order chi connectivity index (χ1) is 12.9. The summed E-state index contributed by atoms with van der Waals surface area (Å²) in [6.07, 6.45) is 3.54. The number of benzene rings is 1. The van der Waals surface area contributed by atoms with Gasteiger partial charge in [-0.25, -0.2) is 9.97 Å². The van der Waals surface area contributed by atoms with Gasteiger partial charge in [0.1, 0.15) is 29.1 Å². The van der Waals surface area contributed by atoms with Crippen molar-refractivity contribution in [3.8, 4) is 11.5 Å². The summed E-state index contributed by atoms with van der Waals surface area (Å²) in [7, 11) is 5.07. The molecule has 0 saturated carbocycles. The molecule has 142 valence electrons. The number of thiazole rings is 1. The van der Waals surface area contributed by atoms with Crippen molar-refractivity contribution in [3.63, 3.8) is 0 Å². The van der Waals surface area contributed by atoms with E-state index in [1.807, 2.05) is 43.8 Å². The summed E-state index contributed by atoms with van der Waals surface area (Å²) in [4.78, 5) is 22.6. The quantitative estimate of drug-likeness (QED) is 0.705. The normalized spacial score (nSPS) is 11.9. The third-order valence-corrected chi connectivity index (χ3v) is 5.10. The van der Waals surface area contributed by atoms with Crippen LogP contribution in [0.5, 0.6) is 11.5 Å². The van der Waals surface area contributed by atoms with Crippen LogP contribution in [0.3, 0.4) is 0 Å². The van der Waals surface area contributed by atoms with E-state index in [0.29, 0.717) is 23.0 Å². The SMILES string of the molecule is COc1cc(OC)cc([C@@H](NC(=O)c2nc(C)sc2C)c2nccn2C)c1. The molecule has 2 aromatic heterocycles. The van der Waals surface area contributed by atoms with E-state index < -0.39 is 6.04 Å². The van der Waals surface area contributed by atoms with Crippen molar-refractivity contribution in [1.29, 1.82) is 0 Å². The summed E-state index contributed by atoms with van der Waals surface area (Å²) in [5, 5.41) is 3.92. The van der Waals surface area contributed by atoms with Gasteiger partial charge in [0.25, 0.3) is 5.91 Å². The van der Waals surface area contributed by atoms with E-state index in [1.54, 1.807) is 26.5 Å². The van der Waals surface area contributed by atoms with Gasteiger partial charge < -0.3 is 19.4 Å². The maximum atomic E-state index is 12.9. The fourth-order valence-corrected chi connectivity index (χ4v) is 3.70. The summed E-state index contributed by atoms with van der Waals surface area (Å²) in [5.74, 6) is 1.73. The van der Waals surface area contributed by atoms with Gasteiger partial charge in [-0.3, -0.25) is 4.79 Å². The molecule has 0 saturated heterocycles. The van der Waals surface area contributed by atoms with E-state index in [4.69, 9.17) is 9.47 Å². The number of methoxy groups -OCH3 is 2. The number of aryl methyl sites for hydroxylation is 3. The largest absolute Gasteiger partial charge is 0.497 e. The van der Waals surface area contributed by atoms with Gasteiger partial charge >= 0.3 is 0 Å². The number of carbonyl (C=O) groups is 1. The van der Waals surface area contributed by atoms with Gasteiger partial charge in [0, 0.05) is 30.4 Å². The van der Waals surface area contributed by atoms with Crippen molar-refractivity contribution in [2.24, 2.45) is 7.05 Å². The Bertz CT molecular complexity index is 942. The summed E-state index contributed by atoms with van der Waals surface area (Å²) in [5.41, 5.74) is 1.24. The monoisotopic (exact) mass is 386 g/mol. The van der Waals surface area contributed by atoms with Crippen molar-refractivity contribution >= 4 is 17.2 Å². The molecular weight excluding hydrogens is 364 g/mol. The van der Waals surface area contributed by atoms with E-state index in [1.165, 1.54) is 11.3 Å². The molecule has 1 atom stereocenters. The van der Waals surface area contributed by atoms with Gasteiger partial charge in [-0.05, 0) is 31.5 Å². The molecular formula is C19H22N4O3S. The highest BCUT2D eigenvalue weighted by Crippen LogP contribution is 2.30. The Balaban J connectivity index is 2.04. The van der Waals surface area contributed by atoms with Crippen LogP contribution in [0.4, 0.5) is 0 Å². The molecule has 0 radical (unpaired) electrons. The minimum atomic E-state index is -0.483. The molecule has 3 aromatic rings. The highest BCUT2D eigenvalue weighted by Gasteiger charge is 2.25. The minimum Gasteiger partial charge on any atom is -0.497 e. The predicted molar refractivity (Wildman–Crippen MR) is 104 cm³/mol. The number of carbonyl (C=O) groups excluding carboxylic acids is 1. The highest BCUT2D eigenvalue weighted by atomic mass is 32.1. The second kappa shape index (κ2) is 7.79. The average Bonchev–Trinajstić information content (AvgIpc) is 3.23. The van der Waals surface area contributed by atoms with Crippen molar-refractivity contribution in [2.45, 2.75) is 19.9 Å². The Morgan fingerprint density at radius 3 is 2.33 bits per heavy atom. The van der Waals surface area contributed by atoms with E-state index in [0.717, 1.165) is 15.4 Å². The maximum Gasteiger partial charge on any atom is 0.271 e. The topological polar surface area (TPSA) is 78.3 Å². The second-order valence-corrected chi connectivity index (χ2v) is 7.49.